The zero-order valence-electron chi connectivity index (χ0n) is 12.3. The van der Waals surface area contributed by atoms with E-state index in [1.165, 1.54) is 12.7 Å². The molecule has 0 aliphatic heterocycles. The van der Waals surface area contributed by atoms with E-state index in [0.717, 1.165) is 36.3 Å². The van der Waals surface area contributed by atoms with Crippen LogP contribution in [0.15, 0.2) is 34.9 Å². The van der Waals surface area contributed by atoms with Crippen LogP contribution in [-0.4, -0.2) is 13.1 Å². The van der Waals surface area contributed by atoms with Crippen molar-refractivity contribution in [2.45, 2.75) is 32.2 Å². The lowest BCUT2D eigenvalue weighted by molar-refractivity contribution is 0.0601. The van der Waals surface area contributed by atoms with Gasteiger partial charge in [0.05, 0.1) is 25.0 Å². The van der Waals surface area contributed by atoms with Crippen molar-refractivity contribution in [2.75, 3.05) is 12.4 Å². The maximum absolute atomic E-state index is 11.7. The van der Waals surface area contributed by atoms with Crippen LogP contribution in [0.3, 0.4) is 0 Å². The minimum atomic E-state index is -0.314. The average Bonchev–Trinajstić information content (AvgIpc) is 2.98. The van der Waals surface area contributed by atoms with Crippen LogP contribution in [0, 0.1) is 6.92 Å². The van der Waals surface area contributed by atoms with Gasteiger partial charge in [-0.3, -0.25) is 0 Å². The summed E-state index contributed by atoms with van der Waals surface area (Å²) in [6.07, 6.45) is 4.92. The summed E-state index contributed by atoms with van der Waals surface area (Å²) in [5.41, 5.74) is 3.87. The van der Waals surface area contributed by atoms with Gasteiger partial charge in [0, 0.05) is 17.7 Å². The number of rotatable bonds is 3. The summed E-state index contributed by atoms with van der Waals surface area (Å²) in [6.45, 7) is 2.03. The van der Waals surface area contributed by atoms with E-state index >= 15 is 0 Å². The number of fused-ring (bicyclic) bond motifs is 1. The fourth-order valence-electron chi connectivity index (χ4n) is 2.85. The second-order valence-corrected chi connectivity index (χ2v) is 5.41. The topological polar surface area (TPSA) is 51.5 Å². The molecule has 0 saturated carbocycles. The number of hydrogen-bond donors (Lipinski definition) is 1. The van der Waals surface area contributed by atoms with E-state index in [0.29, 0.717) is 5.56 Å². The van der Waals surface area contributed by atoms with E-state index < -0.39 is 0 Å². The molecule has 0 spiro atoms. The summed E-state index contributed by atoms with van der Waals surface area (Å²) in [4.78, 5) is 11.7. The molecule has 2 aromatic rings. The second kappa shape index (κ2) is 5.64. The summed E-state index contributed by atoms with van der Waals surface area (Å²) >= 11 is 0. The lowest BCUT2D eigenvalue weighted by Gasteiger charge is -2.25. The molecule has 4 heteroatoms. The van der Waals surface area contributed by atoms with Gasteiger partial charge in [0.2, 0.25) is 0 Å². The van der Waals surface area contributed by atoms with Crippen molar-refractivity contribution < 1.29 is 13.9 Å². The van der Waals surface area contributed by atoms with Gasteiger partial charge in [-0.2, -0.15) is 0 Å². The van der Waals surface area contributed by atoms with Gasteiger partial charge in [-0.05, 0) is 43.5 Å². The molecule has 0 amide bonds. The van der Waals surface area contributed by atoms with Crippen LogP contribution in [0.1, 0.15) is 46.1 Å². The van der Waals surface area contributed by atoms with Gasteiger partial charge in [-0.25, -0.2) is 4.79 Å². The third-order valence-corrected chi connectivity index (χ3v) is 4.04. The van der Waals surface area contributed by atoms with Crippen molar-refractivity contribution in [2.24, 2.45) is 0 Å². The van der Waals surface area contributed by atoms with Crippen LogP contribution in [-0.2, 0) is 11.2 Å². The molecule has 1 aliphatic carbocycles. The first-order valence-electron chi connectivity index (χ1n) is 7.21. The Bertz CT molecular complexity index is 660. The van der Waals surface area contributed by atoms with E-state index in [1.54, 1.807) is 12.3 Å². The van der Waals surface area contributed by atoms with E-state index in [-0.39, 0.29) is 12.0 Å². The van der Waals surface area contributed by atoms with Crippen LogP contribution < -0.4 is 5.32 Å². The number of furan rings is 1. The smallest absolute Gasteiger partial charge is 0.337 e. The lowest BCUT2D eigenvalue weighted by atomic mass is 9.93. The Morgan fingerprint density at radius 3 is 3.05 bits per heavy atom. The number of anilines is 1. The number of carbonyl (C=O) groups excluding carboxylic acids is 1. The molecule has 1 aromatic carbocycles. The molecule has 0 fully saturated rings. The molecule has 4 nitrogen and oxygen atoms in total. The predicted molar refractivity (Wildman–Crippen MR) is 80.5 cm³/mol. The van der Waals surface area contributed by atoms with E-state index in [1.807, 2.05) is 25.1 Å². The zero-order valence-corrected chi connectivity index (χ0v) is 12.3. The maximum atomic E-state index is 11.7. The van der Waals surface area contributed by atoms with Crippen molar-refractivity contribution in [3.63, 3.8) is 0 Å². The second-order valence-electron chi connectivity index (χ2n) is 5.41. The number of esters is 1. The van der Waals surface area contributed by atoms with Gasteiger partial charge in [0.1, 0.15) is 5.76 Å². The SMILES string of the molecule is COC(=O)c1ccc(C)c(NC2CCCc3occc32)c1. The molecule has 0 saturated heterocycles. The number of carbonyl (C=O) groups is 1. The molecule has 0 bridgehead atoms. The average molecular weight is 285 g/mol. The molecule has 1 N–H and O–H groups in total. The minimum Gasteiger partial charge on any atom is -0.469 e. The quantitative estimate of drug-likeness (QED) is 0.870. The molecule has 110 valence electrons. The third kappa shape index (κ3) is 2.66. The summed E-state index contributed by atoms with van der Waals surface area (Å²) < 4.78 is 10.3. The van der Waals surface area contributed by atoms with Gasteiger partial charge in [-0.15, -0.1) is 0 Å². The summed E-state index contributed by atoms with van der Waals surface area (Å²) in [6, 6.07) is 7.85. The molecule has 21 heavy (non-hydrogen) atoms. The molecule has 1 heterocycles. The van der Waals surface area contributed by atoms with E-state index in [4.69, 9.17) is 9.15 Å². The normalized spacial score (nSPS) is 17.1. The van der Waals surface area contributed by atoms with Crippen LogP contribution >= 0.6 is 0 Å². The fraction of sp³-hybridized carbons (Fsp3) is 0.353. The van der Waals surface area contributed by atoms with Gasteiger partial charge in [0.25, 0.3) is 0 Å². The highest BCUT2D eigenvalue weighted by molar-refractivity contribution is 5.90. The first-order chi connectivity index (χ1) is 10.2. The third-order valence-electron chi connectivity index (χ3n) is 4.04. The Morgan fingerprint density at radius 2 is 2.24 bits per heavy atom. The minimum absolute atomic E-state index is 0.235. The van der Waals surface area contributed by atoms with Crippen LogP contribution in [0.25, 0.3) is 0 Å². The van der Waals surface area contributed by atoms with E-state index in [2.05, 4.69) is 5.32 Å². The Kier molecular flexibility index (Phi) is 3.69. The molecule has 1 aromatic heterocycles. The molecule has 0 radical (unpaired) electrons. The first kappa shape index (κ1) is 13.7. The highest BCUT2D eigenvalue weighted by atomic mass is 16.5. The number of hydrogen-bond acceptors (Lipinski definition) is 4. The van der Waals surface area contributed by atoms with Crippen molar-refractivity contribution >= 4 is 11.7 Å². The Labute approximate surface area is 124 Å². The van der Waals surface area contributed by atoms with Crippen LogP contribution in [0.2, 0.25) is 0 Å². The summed E-state index contributed by atoms with van der Waals surface area (Å²) in [7, 11) is 1.40. The summed E-state index contributed by atoms with van der Waals surface area (Å²) in [5, 5.41) is 3.54. The Morgan fingerprint density at radius 1 is 1.38 bits per heavy atom. The highest BCUT2D eigenvalue weighted by Crippen LogP contribution is 2.34. The monoisotopic (exact) mass is 285 g/mol. The summed E-state index contributed by atoms with van der Waals surface area (Å²) in [5.74, 6) is 0.756. The Balaban J connectivity index is 1.87. The van der Waals surface area contributed by atoms with Crippen LogP contribution in [0.5, 0.6) is 0 Å². The standard InChI is InChI=1S/C17H19NO3/c1-11-6-7-12(17(19)20-2)10-15(11)18-14-4-3-5-16-13(14)8-9-21-16/h6-10,14,18H,3-5H2,1-2H3. The lowest BCUT2D eigenvalue weighted by Crippen LogP contribution is -2.16. The van der Waals surface area contributed by atoms with E-state index in [9.17, 15) is 4.79 Å². The number of ether oxygens (including phenoxy) is 1. The number of benzene rings is 1. The highest BCUT2D eigenvalue weighted by Gasteiger charge is 2.23. The fourth-order valence-corrected chi connectivity index (χ4v) is 2.85. The first-order valence-corrected chi connectivity index (χ1v) is 7.21. The van der Waals surface area contributed by atoms with Crippen molar-refractivity contribution in [3.05, 3.63) is 53.0 Å². The van der Waals surface area contributed by atoms with Crippen LogP contribution in [0.4, 0.5) is 5.69 Å². The van der Waals surface area contributed by atoms with Gasteiger partial charge >= 0.3 is 5.97 Å². The molecular weight excluding hydrogens is 266 g/mol. The largest absolute Gasteiger partial charge is 0.469 e. The molecule has 1 unspecified atom stereocenters. The van der Waals surface area contributed by atoms with Gasteiger partial charge in [0.15, 0.2) is 0 Å². The Hall–Kier alpha value is -2.23. The van der Waals surface area contributed by atoms with Crippen molar-refractivity contribution in [1.29, 1.82) is 0 Å². The molecule has 1 atom stereocenters. The number of methoxy groups -OCH3 is 1. The predicted octanol–water partition coefficient (Wildman–Crippen LogP) is 3.86. The van der Waals surface area contributed by atoms with Gasteiger partial charge < -0.3 is 14.5 Å². The molecule has 1 aliphatic rings. The van der Waals surface area contributed by atoms with Crippen molar-refractivity contribution in [1.82, 2.24) is 0 Å². The van der Waals surface area contributed by atoms with Gasteiger partial charge in [-0.1, -0.05) is 6.07 Å². The molecular formula is C17H19NO3. The number of nitrogens with one attached hydrogen (secondary N) is 1. The zero-order chi connectivity index (χ0) is 14.8. The maximum Gasteiger partial charge on any atom is 0.337 e. The number of aryl methyl sites for hydroxylation is 2. The van der Waals surface area contributed by atoms with Crippen molar-refractivity contribution in [3.8, 4) is 0 Å². The molecule has 3 rings (SSSR count).